The predicted molar refractivity (Wildman–Crippen MR) is 81.4 cm³/mol. The molecule has 19 heavy (non-hydrogen) atoms. The Morgan fingerprint density at radius 2 is 2.00 bits per heavy atom. The number of sulfone groups is 1. The Labute approximate surface area is 123 Å². The maximum Gasteiger partial charge on any atom is 0.149 e. The Hall–Kier alpha value is -0.720. The first-order valence-electron chi connectivity index (χ1n) is 5.73. The first-order chi connectivity index (χ1) is 8.74. The van der Waals surface area contributed by atoms with Crippen molar-refractivity contribution >= 4 is 44.7 Å². The summed E-state index contributed by atoms with van der Waals surface area (Å²) in [6.07, 6.45) is 1.20. The van der Waals surface area contributed by atoms with E-state index in [0.29, 0.717) is 34.8 Å². The standard InChI is InChI=1S/C11H17Cl2N3O2S/c1-4-14-10-8(12)7-9(13)11(15-10)16(2)5-6-19(3,17)18/h7H,4-6H2,1-3H3,(H,14,15). The molecule has 1 aromatic heterocycles. The number of rotatable bonds is 6. The van der Waals surface area contributed by atoms with Crippen molar-refractivity contribution in [3.8, 4) is 0 Å². The van der Waals surface area contributed by atoms with Crippen molar-refractivity contribution in [2.24, 2.45) is 0 Å². The molecule has 0 atom stereocenters. The van der Waals surface area contributed by atoms with Crippen LogP contribution < -0.4 is 10.2 Å². The second-order valence-corrected chi connectivity index (χ2v) is 7.28. The lowest BCUT2D eigenvalue weighted by atomic mass is 10.4. The summed E-state index contributed by atoms with van der Waals surface area (Å²) < 4.78 is 22.3. The number of anilines is 2. The van der Waals surface area contributed by atoms with Crippen molar-refractivity contribution in [3.05, 3.63) is 16.1 Å². The van der Waals surface area contributed by atoms with E-state index in [1.807, 2.05) is 6.92 Å². The van der Waals surface area contributed by atoms with Gasteiger partial charge in [0.1, 0.15) is 21.5 Å². The molecule has 1 aromatic rings. The molecular weight excluding hydrogens is 309 g/mol. The molecule has 5 nitrogen and oxygen atoms in total. The van der Waals surface area contributed by atoms with E-state index in [9.17, 15) is 8.42 Å². The SMILES string of the molecule is CCNc1nc(N(C)CCS(C)(=O)=O)c(Cl)cc1Cl. The van der Waals surface area contributed by atoms with Gasteiger partial charge in [-0.2, -0.15) is 0 Å². The molecule has 0 aliphatic rings. The van der Waals surface area contributed by atoms with E-state index in [-0.39, 0.29) is 5.75 Å². The van der Waals surface area contributed by atoms with E-state index < -0.39 is 9.84 Å². The molecular formula is C11H17Cl2N3O2S. The van der Waals surface area contributed by atoms with Crippen LogP contribution in [0.25, 0.3) is 0 Å². The maximum absolute atomic E-state index is 11.2. The van der Waals surface area contributed by atoms with Crippen molar-refractivity contribution in [1.29, 1.82) is 0 Å². The number of hydrogen-bond acceptors (Lipinski definition) is 5. The van der Waals surface area contributed by atoms with Crippen molar-refractivity contribution < 1.29 is 8.42 Å². The normalized spacial score (nSPS) is 11.4. The molecule has 0 unspecified atom stereocenters. The summed E-state index contributed by atoms with van der Waals surface area (Å²) in [6.45, 7) is 2.93. The van der Waals surface area contributed by atoms with Crippen LogP contribution in [-0.2, 0) is 9.84 Å². The number of aromatic nitrogens is 1. The summed E-state index contributed by atoms with van der Waals surface area (Å²) in [5.74, 6) is 1.08. The van der Waals surface area contributed by atoms with Crippen molar-refractivity contribution in [1.82, 2.24) is 4.98 Å². The van der Waals surface area contributed by atoms with Gasteiger partial charge in [-0.3, -0.25) is 0 Å². The quantitative estimate of drug-likeness (QED) is 0.869. The Morgan fingerprint density at radius 1 is 1.37 bits per heavy atom. The molecule has 0 aliphatic carbocycles. The highest BCUT2D eigenvalue weighted by Crippen LogP contribution is 2.30. The van der Waals surface area contributed by atoms with Gasteiger partial charge in [-0.25, -0.2) is 13.4 Å². The molecule has 1 N–H and O–H groups in total. The summed E-state index contributed by atoms with van der Waals surface area (Å²) in [7, 11) is -1.28. The fourth-order valence-electron chi connectivity index (χ4n) is 1.42. The van der Waals surface area contributed by atoms with Crippen molar-refractivity contribution in [2.75, 3.05) is 42.4 Å². The molecule has 0 radical (unpaired) electrons. The second-order valence-electron chi connectivity index (χ2n) is 4.21. The fourth-order valence-corrected chi connectivity index (χ4v) is 2.60. The van der Waals surface area contributed by atoms with Crippen LogP contribution >= 0.6 is 23.2 Å². The summed E-state index contributed by atoms with van der Waals surface area (Å²) >= 11 is 12.1. The third-order valence-electron chi connectivity index (χ3n) is 2.41. The molecule has 1 rings (SSSR count). The van der Waals surface area contributed by atoms with Crippen LogP contribution in [-0.4, -0.2) is 45.5 Å². The number of hydrogen-bond donors (Lipinski definition) is 1. The summed E-state index contributed by atoms with van der Waals surface area (Å²) in [5, 5.41) is 3.85. The highest BCUT2D eigenvalue weighted by molar-refractivity contribution is 7.90. The van der Waals surface area contributed by atoms with Gasteiger partial charge in [0.15, 0.2) is 0 Å². The monoisotopic (exact) mass is 325 g/mol. The van der Waals surface area contributed by atoms with Crippen LogP contribution in [0.15, 0.2) is 6.07 Å². The van der Waals surface area contributed by atoms with Crippen LogP contribution in [0.3, 0.4) is 0 Å². The highest BCUT2D eigenvalue weighted by Gasteiger charge is 2.14. The van der Waals surface area contributed by atoms with E-state index in [2.05, 4.69) is 10.3 Å². The zero-order valence-corrected chi connectivity index (χ0v) is 13.4. The summed E-state index contributed by atoms with van der Waals surface area (Å²) in [5.41, 5.74) is 0. The Kier molecular flexibility index (Phi) is 5.70. The smallest absolute Gasteiger partial charge is 0.149 e. The molecule has 0 aliphatic heterocycles. The molecule has 0 aromatic carbocycles. The average molecular weight is 326 g/mol. The van der Waals surface area contributed by atoms with Gasteiger partial charge in [-0.05, 0) is 13.0 Å². The van der Waals surface area contributed by atoms with Gasteiger partial charge in [0.2, 0.25) is 0 Å². The van der Waals surface area contributed by atoms with Crippen molar-refractivity contribution in [3.63, 3.8) is 0 Å². The molecule has 0 saturated carbocycles. The molecule has 0 bridgehead atoms. The van der Waals surface area contributed by atoms with E-state index in [1.54, 1.807) is 18.0 Å². The second kappa shape index (κ2) is 6.63. The largest absolute Gasteiger partial charge is 0.369 e. The summed E-state index contributed by atoms with van der Waals surface area (Å²) in [4.78, 5) is 6.01. The number of nitrogens with zero attached hydrogens (tertiary/aromatic N) is 2. The molecule has 1 heterocycles. The Balaban J connectivity index is 2.95. The lowest BCUT2D eigenvalue weighted by molar-refractivity contribution is 0.601. The van der Waals surface area contributed by atoms with Crippen molar-refractivity contribution in [2.45, 2.75) is 6.92 Å². The fraction of sp³-hybridized carbons (Fsp3) is 0.545. The third kappa shape index (κ3) is 5.04. The summed E-state index contributed by atoms with van der Waals surface area (Å²) in [6, 6.07) is 1.60. The lowest BCUT2D eigenvalue weighted by Crippen LogP contribution is -2.26. The van der Waals surface area contributed by atoms with Crippen LogP contribution in [0, 0.1) is 0 Å². The van der Waals surface area contributed by atoms with Gasteiger partial charge in [-0.1, -0.05) is 23.2 Å². The Morgan fingerprint density at radius 3 is 2.53 bits per heavy atom. The maximum atomic E-state index is 11.2. The zero-order chi connectivity index (χ0) is 14.6. The Bertz CT molecular complexity index is 549. The lowest BCUT2D eigenvalue weighted by Gasteiger charge is -2.20. The molecule has 0 amide bonds. The van der Waals surface area contributed by atoms with Gasteiger partial charge in [0.25, 0.3) is 0 Å². The number of pyridine rings is 1. The van der Waals surface area contributed by atoms with Crippen LogP contribution in [0.2, 0.25) is 10.0 Å². The topological polar surface area (TPSA) is 62.3 Å². The minimum absolute atomic E-state index is 0.0423. The molecule has 108 valence electrons. The molecule has 8 heteroatoms. The van der Waals surface area contributed by atoms with Crippen LogP contribution in [0.1, 0.15) is 6.92 Å². The van der Waals surface area contributed by atoms with Crippen LogP contribution in [0.4, 0.5) is 11.6 Å². The first-order valence-corrected chi connectivity index (χ1v) is 8.55. The van der Waals surface area contributed by atoms with E-state index in [4.69, 9.17) is 23.2 Å². The van der Waals surface area contributed by atoms with Gasteiger partial charge >= 0.3 is 0 Å². The van der Waals surface area contributed by atoms with E-state index in [1.165, 1.54) is 6.26 Å². The molecule has 0 spiro atoms. The van der Waals surface area contributed by atoms with E-state index >= 15 is 0 Å². The molecule has 0 fully saturated rings. The number of nitrogens with one attached hydrogen (secondary N) is 1. The predicted octanol–water partition coefficient (Wildman–Crippen LogP) is 2.30. The van der Waals surface area contributed by atoms with Gasteiger partial charge in [-0.15, -0.1) is 0 Å². The van der Waals surface area contributed by atoms with E-state index in [0.717, 1.165) is 0 Å². The third-order valence-corrected chi connectivity index (χ3v) is 3.90. The van der Waals surface area contributed by atoms with Crippen LogP contribution in [0.5, 0.6) is 0 Å². The highest BCUT2D eigenvalue weighted by atomic mass is 35.5. The minimum Gasteiger partial charge on any atom is -0.369 e. The first kappa shape index (κ1) is 16.3. The molecule has 0 saturated heterocycles. The van der Waals surface area contributed by atoms with Gasteiger partial charge < -0.3 is 10.2 Å². The zero-order valence-electron chi connectivity index (χ0n) is 11.1. The average Bonchev–Trinajstić information content (AvgIpc) is 2.29. The van der Waals surface area contributed by atoms with Gasteiger partial charge in [0, 0.05) is 26.4 Å². The van der Waals surface area contributed by atoms with Gasteiger partial charge in [0.05, 0.1) is 15.8 Å². The minimum atomic E-state index is -3.02. The number of halogens is 2.